The van der Waals surface area contributed by atoms with Gasteiger partial charge in [0.15, 0.2) is 5.82 Å². The number of alkyl halides is 3. The molecule has 0 bridgehead atoms. The van der Waals surface area contributed by atoms with E-state index < -0.39 is 12.0 Å². The monoisotopic (exact) mass is 427 g/mol. The molecule has 1 N–H and O–H groups in total. The summed E-state index contributed by atoms with van der Waals surface area (Å²) in [5, 5.41) is 5.60. The molecule has 0 spiro atoms. The van der Waals surface area contributed by atoms with E-state index in [1.807, 2.05) is 17.2 Å². The van der Waals surface area contributed by atoms with Crippen molar-refractivity contribution in [3.63, 3.8) is 0 Å². The average molecular weight is 427 g/mol. The van der Waals surface area contributed by atoms with Gasteiger partial charge in [-0.1, -0.05) is 48.5 Å². The smallest absolute Gasteiger partial charge is 0.300 e. The van der Waals surface area contributed by atoms with Crippen molar-refractivity contribution >= 4 is 5.78 Å². The molecule has 7 heteroatoms. The maximum absolute atomic E-state index is 12.7. The van der Waals surface area contributed by atoms with E-state index in [1.165, 1.54) is 5.56 Å². The third kappa shape index (κ3) is 5.03. The number of halogens is 3. The molecule has 2 aromatic carbocycles. The first-order valence-corrected chi connectivity index (χ1v) is 10.5. The average Bonchev–Trinajstić information content (AvgIpc) is 3.25. The standard InChI is InChI=1S/C24H24F3N3O/c1-15(31)14-16-2-4-17(5-3-16)18-6-8-19(9-7-18)20-10-12-21(13-11-20)22-28-23(30-29-22)24(25,26)27/h6-13,16-17H,2-5,14H2,1H3,(H,28,29,30). The van der Waals surface area contributed by atoms with Gasteiger partial charge in [0.2, 0.25) is 5.82 Å². The predicted molar refractivity (Wildman–Crippen MR) is 112 cm³/mol. The molecule has 1 aliphatic carbocycles. The summed E-state index contributed by atoms with van der Waals surface area (Å²) in [5.74, 6) is 0.269. The summed E-state index contributed by atoms with van der Waals surface area (Å²) in [5.41, 5.74) is 3.87. The minimum absolute atomic E-state index is 0.0228. The van der Waals surface area contributed by atoms with Gasteiger partial charge in [0.1, 0.15) is 5.78 Å². The zero-order valence-corrected chi connectivity index (χ0v) is 17.2. The lowest BCUT2D eigenvalue weighted by molar-refractivity contribution is -0.144. The molecule has 0 unspecified atom stereocenters. The van der Waals surface area contributed by atoms with Crippen LogP contribution in [0.5, 0.6) is 0 Å². The molecule has 1 heterocycles. The Morgan fingerprint density at radius 3 is 2.00 bits per heavy atom. The fourth-order valence-electron chi connectivity index (χ4n) is 4.38. The molecular formula is C24H24F3N3O. The van der Waals surface area contributed by atoms with E-state index in [0.29, 0.717) is 23.8 Å². The van der Waals surface area contributed by atoms with Crippen LogP contribution in [0.1, 0.15) is 56.3 Å². The summed E-state index contributed by atoms with van der Waals surface area (Å²) in [4.78, 5) is 14.9. The molecule has 0 aliphatic heterocycles. The molecule has 162 valence electrons. The van der Waals surface area contributed by atoms with Crippen LogP contribution in [-0.4, -0.2) is 21.0 Å². The Labute approximate surface area is 178 Å². The molecule has 1 aromatic heterocycles. The molecule has 1 saturated carbocycles. The lowest BCUT2D eigenvalue weighted by Crippen LogP contribution is -2.15. The third-order valence-corrected chi connectivity index (χ3v) is 6.04. The molecular weight excluding hydrogens is 403 g/mol. The van der Waals surface area contributed by atoms with E-state index in [1.54, 1.807) is 19.1 Å². The number of nitrogens with one attached hydrogen (secondary N) is 1. The Kier molecular flexibility index (Phi) is 5.94. The predicted octanol–water partition coefficient (Wildman–Crippen LogP) is 6.41. The Balaban J connectivity index is 1.41. The molecule has 0 radical (unpaired) electrons. The van der Waals surface area contributed by atoms with Crippen LogP contribution in [0, 0.1) is 5.92 Å². The number of hydrogen-bond donors (Lipinski definition) is 1. The SMILES string of the molecule is CC(=O)CC1CCC(c2ccc(-c3ccc(-c4n[nH]c(C(F)(F)F)n4)cc3)cc2)CC1. The van der Waals surface area contributed by atoms with Crippen molar-refractivity contribution in [1.82, 2.24) is 15.2 Å². The van der Waals surface area contributed by atoms with Crippen LogP contribution in [-0.2, 0) is 11.0 Å². The summed E-state index contributed by atoms with van der Waals surface area (Å²) in [6, 6.07) is 15.7. The van der Waals surface area contributed by atoms with Crippen molar-refractivity contribution in [2.75, 3.05) is 0 Å². The Bertz CT molecular complexity index is 1030. The third-order valence-electron chi connectivity index (χ3n) is 6.04. The van der Waals surface area contributed by atoms with Crippen LogP contribution in [0.25, 0.3) is 22.5 Å². The maximum Gasteiger partial charge on any atom is 0.451 e. The fourth-order valence-corrected chi connectivity index (χ4v) is 4.38. The van der Waals surface area contributed by atoms with Gasteiger partial charge in [-0.15, -0.1) is 0 Å². The number of hydrogen-bond acceptors (Lipinski definition) is 3. The number of benzene rings is 2. The first-order chi connectivity index (χ1) is 14.8. The van der Waals surface area contributed by atoms with Crippen LogP contribution in [0.4, 0.5) is 13.2 Å². The zero-order valence-electron chi connectivity index (χ0n) is 17.2. The highest BCUT2D eigenvalue weighted by molar-refractivity contribution is 5.75. The van der Waals surface area contributed by atoms with E-state index in [4.69, 9.17) is 0 Å². The number of H-pyrrole nitrogens is 1. The van der Waals surface area contributed by atoms with E-state index >= 15 is 0 Å². The molecule has 0 amide bonds. The summed E-state index contributed by atoms with van der Waals surface area (Å²) in [6.45, 7) is 1.67. The first kappa shape index (κ1) is 21.3. The number of nitrogens with zero attached hydrogens (tertiary/aromatic N) is 2. The van der Waals surface area contributed by atoms with Crippen molar-refractivity contribution in [2.45, 2.75) is 51.1 Å². The number of rotatable bonds is 5. The molecule has 3 aromatic rings. The van der Waals surface area contributed by atoms with Gasteiger partial charge in [-0.25, -0.2) is 4.98 Å². The second-order valence-corrected chi connectivity index (χ2v) is 8.33. The van der Waals surface area contributed by atoms with Gasteiger partial charge < -0.3 is 4.79 Å². The molecule has 1 fully saturated rings. The quantitative estimate of drug-likeness (QED) is 0.512. The summed E-state index contributed by atoms with van der Waals surface area (Å²) in [7, 11) is 0. The molecule has 1 aliphatic rings. The molecule has 4 nitrogen and oxygen atoms in total. The topological polar surface area (TPSA) is 58.6 Å². The van der Waals surface area contributed by atoms with Crippen LogP contribution < -0.4 is 0 Å². The minimum atomic E-state index is -4.54. The zero-order chi connectivity index (χ0) is 22.0. The highest BCUT2D eigenvalue weighted by atomic mass is 19.4. The second-order valence-electron chi connectivity index (χ2n) is 8.33. The number of carbonyl (C=O) groups is 1. The fraction of sp³-hybridized carbons (Fsp3) is 0.375. The minimum Gasteiger partial charge on any atom is -0.300 e. The maximum atomic E-state index is 12.7. The van der Waals surface area contributed by atoms with Crippen molar-refractivity contribution in [3.8, 4) is 22.5 Å². The summed E-state index contributed by atoms with van der Waals surface area (Å²) >= 11 is 0. The van der Waals surface area contributed by atoms with Crippen LogP contribution in [0.15, 0.2) is 48.5 Å². The Morgan fingerprint density at radius 1 is 0.935 bits per heavy atom. The summed E-state index contributed by atoms with van der Waals surface area (Å²) in [6.07, 6.45) is 0.590. The molecule has 31 heavy (non-hydrogen) atoms. The second kappa shape index (κ2) is 8.65. The van der Waals surface area contributed by atoms with Crippen LogP contribution in [0.2, 0.25) is 0 Å². The highest BCUT2D eigenvalue weighted by Crippen LogP contribution is 2.38. The van der Waals surface area contributed by atoms with Gasteiger partial charge in [0, 0.05) is 12.0 Å². The number of aromatic nitrogens is 3. The van der Waals surface area contributed by atoms with Crippen molar-refractivity contribution in [1.29, 1.82) is 0 Å². The number of aromatic amines is 1. The lowest BCUT2D eigenvalue weighted by atomic mass is 9.77. The summed E-state index contributed by atoms with van der Waals surface area (Å²) < 4.78 is 38.1. The van der Waals surface area contributed by atoms with Crippen LogP contribution >= 0.6 is 0 Å². The molecule has 4 rings (SSSR count). The number of Topliss-reactive ketones (excluding diaryl/α,β-unsaturated/α-hetero) is 1. The number of carbonyl (C=O) groups excluding carboxylic acids is 1. The van der Waals surface area contributed by atoms with E-state index in [0.717, 1.165) is 36.8 Å². The van der Waals surface area contributed by atoms with E-state index in [2.05, 4.69) is 34.3 Å². The van der Waals surface area contributed by atoms with Crippen molar-refractivity contribution in [3.05, 3.63) is 59.9 Å². The van der Waals surface area contributed by atoms with Gasteiger partial charge in [0.05, 0.1) is 0 Å². The normalized spacial score (nSPS) is 19.4. The van der Waals surface area contributed by atoms with Crippen molar-refractivity contribution < 1.29 is 18.0 Å². The Morgan fingerprint density at radius 2 is 1.48 bits per heavy atom. The first-order valence-electron chi connectivity index (χ1n) is 10.5. The van der Waals surface area contributed by atoms with Crippen molar-refractivity contribution in [2.24, 2.45) is 5.92 Å². The van der Waals surface area contributed by atoms with Gasteiger partial charge in [-0.05, 0) is 61.1 Å². The lowest BCUT2D eigenvalue weighted by Gasteiger charge is -2.28. The van der Waals surface area contributed by atoms with E-state index in [9.17, 15) is 18.0 Å². The highest BCUT2D eigenvalue weighted by Gasteiger charge is 2.35. The Hall–Kier alpha value is -2.96. The van der Waals surface area contributed by atoms with Crippen LogP contribution in [0.3, 0.4) is 0 Å². The molecule has 0 saturated heterocycles. The molecule has 0 atom stereocenters. The van der Waals surface area contributed by atoms with Gasteiger partial charge in [0.25, 0.3) is 0 Å². The van der Waals surface area contributed by atoms with Gasteiger partial charge in [-0.3, -0.25) is 5.10 Å². The number of ketones is 1. The van der Waals surface area contributed by atoms with E-state index in [-0.39, 0.29) is 11.6 Å². The van der Waals surface area contributed by atoms with Gasteiger partial charge in [-0.2, -0.15) is 18.3 Å². The van der Waals surface area contributed by atoms with Gasteiger partial charge >= 0.3 is 6.18 Å². The largest absolute Gasteiger partial charge is 0.451 e.